The number of nitrogens with zero attached hydrogens (tertiary/aromatic N) is 1. The molecule has 0 aliphatic carbocycles. The number of hydrogen-bond acceptors (Lipinski definition) is 3. The zero-order chi connectivity index (χ0) is 14.1. The van der Waals surface area contributed by atoms with Crippen LogP contribution in [0.5, 0.6) is 5.75 Å². The van der Waals surface area contributed by atoms with Crippen LogP contribution in [0, 0.1) is 6.92 Å². The van der Waals surface area contributed by atoms with Gasteiger partial charge in [-0.3, -0.25) is 4.90 Å². The molecule has 0 aromatic heterocycles. The van der Waals surface area contributed by atoms with Crippen LogP contribution < -0.4 is 4.74 Å². The lowest BCUT2D eigenvalue weighted by Gasteiger charge is -2.37. The highest BCUT2D eigenvalue weighted by molar-refractivity contribution is 9.09. The molecule has 2 heterocycles. The van der Waals surface area contributed by atoms with Crippen LogP contribution in [0.2, 0.25) is 0 Å². The molecule has 1 fully saturated rings. The Morgan fingerprint density at radius 1 is 1.30 bits per heavy atom. The van der Waals surface area contributed by atoms with E-state index in [2.05, 4.69) is 52.9 Å². The third-order valence-corrected chi connectivity index (χ3v) is 4.72. The summed E-state index contributed by atoms with van der Waals surface area (Å²) in [6, 6.07) is 6.48. The lowest BCUT2D eigenvalue weighted by molar-refractivity contribution is -0.0713. The van der Waals surface area contributed by atoms with Crippen molar-refractivity contribution in [3.8, 4) is 5.75 Å². The van der Waals surface area contributed by atoms with Crippen molar-refractivity contribution in [3.05, 3.63) is 29.3 Å². The van der Waals surface area contributed by atoms with Crippen molar-refractivity contribution in [3.63, 3.8) is 0 Å². The molecule has 0 spiro atoms. The molecule has 4 heteroatoms. The first-order valence-corrected chi connectivity index (χ1v) is 8.46. The quantitative estimate of drug-likeness (QED) is 0.790. The van der Waals surface area contributed by atoms with Gasteiger partial charge >= 0.3 is 0 Å². The Morgan fingerprint density at radius 3 is 2.95 bits per heavy atom. The minimum absolute atomic E-state index is 0.285. The van der Waals surface area contributed by atoms with Crippen LogP contribution in [-0.2, 0) is 11.2 Å². The highest BCUT2D eigenvalue weighted by Crippen LogP contribution is 2.30. The van der Waals surface area contributed by atoms with E-state index < -0.39 is 0 Å². The van der Waals surface area contributed by atoms with Gasteiger partial charge < -0.3 is 9.47 Å². The highest BCUT2D eigenvalue weighted by atomic mass is 79.9. The molecule has 110 valence electrons. The molecule has 2 aliphatic heterocycles. The molecule has 0 saturated carbocycles. The predicted octanol–water partition coefficient (Wildman–Crippen LogP) is 2.78. The zero-order valence-electron chi connectivity index (χ0n) is 12.1. The lowest BCUT2D eigenvalue weighted by atomic mass is 10.1. The summed E-state index contributed by atoms with van der Waals surface area (Å²) in [5, 5.41) is 0.902. The lowest BCUT2D eigenvalue weighted by Crippen LogP contribution is -2.50. The number of rotatable bonds is 3. The number of aryl methyl sites for hydroxylation is 1. The maximum atomic E-state index is 6.07. The van der Waals surface area contributed by atoms with Gasteiger partial charge in [0.25, 0.3) is 0 Å². The first kappa shape index (κ1) is 14.4. The van der Waals surface area contributed by atoms with Gasteiger partial charge in [0.15, 0.2) is 0 Å². The fourth-order valence-electron chi connectivity index (χ4n) is 3.21. The molecule has 3 nitrogen and oxygen atoms in total. The topological polar surface area (TPSA) is 21.7 Å². The average Bonchev–Trinajstić information content (AvgIpc) is 2.79. The maximum Gasteiger partial charge on any atom is 0.123 e. The van der Waals surface area contributed by atoms with Crippen molar-refractivity contribution in [2.75, 3.05) is 25.0 Å². The zero-order valence-corrected chi connectivity index (χ0v) is 13.7. The van der Waals surface area contributed by atoms with E-state index >= 15 is 0 Å². The average molecular weight is 340 g/mol. The summed E-state index contributed by atoms with van der Waals surface area (Å²) in [6.45, 7) is 7.27. The molecule has 3 atom stereocenters. The van der Waals surface area contributed by atoms with Gasteiger partial charge in [-0.25, -0.2) is 0 Å². The van der Waals surface area contributed by atoms with Crippen molar-refractivity contribution in [2.24, 2.45) is 0 Å². The van der Waals surface area contributed by atoms with E-state index in [9.17, 15) is 0 Å². The number of halogens is 1. The normalized spacial score (nSPS) is 30.1. The minimum Gasteiger partial charge on any atom is -0.488 e. The Hall–Kier alpha value is -0.580. The Kier molecular flexibility index (Phi) is 4.34. The molecule has 0 amide bonds. The number of morpholine rings is 1. The standard InChI is InChI=1S/C16H22BrNO2/c1-11-3-4-16-13(5-11)6-14(20-16)9-18-8-12(2)19-15(7-17)10-18/h3-5,12,14-15H,6-10H2,1-2H3. The maximum absolute atomic E-state index is 6.07. The summed E-state index contributed by atoms with van der Waals surface area (Å²) in [5.41, 5.74) is 2.67. The van der Waals surface area contributed by atoms with Crippen molar-refractivity contribution in [2.45, 2.75) is 38.6 Å². The van der Waals surface area contributed by atoms with Gasteiger partial charge in [0.1, 0.15) is 11.9 Å². The van der Waals surface area contributed by atoms with Crippen LogP contribution in [0.1, 0.15) is 18.1 Å². The van der Waals surface area contributed by atoms with Crippen LogP contribution in [0.25, 0.3) is 0 Å². The number of hydrogen-bond donors (Lipinski definition) is 0. The first-order valence-electron chi connectivity index (χ1n) is 7.34. The molecule has 3 rings (SSSR count). The highest BCUT2D eigenvalue weighted by Gasteiger charge is 2.29. The van der Waals surface area contributed by atoms with E-state index in [4.69, 9.17) is 9.47 Å². The second kappa shape index (κ2) is 6.04. The van der Waals surface area contributed by atoms with Crippen LogP contribution >= 0.6 is 15.9 Å². The van der Waals surface area contributed by atoms with E-state index in [0.717, 1.165) is 37.1 Å². The van der Waals surface area contributed by atoms with E-state index in [1.165, 1.54) is 11.1 Å². The molecule has 2 aliphatic rings. The summed E-state index contributed by atoms with van der Waals surface area (Å²) in [7, 11) is 0. The fourth-order valence-corrected chi connectivity index (χ4v) is 3.57. The predicted molar refractivity (Wildman–Crippen MR) is 83.9 cm³/mol. The summed E-state index contributed by atoms with van der Waals surface area (Å²) in [4.78, 5) is 2.48. The minimum atomic E-state index is 0.285. The van der Waals surface area contributed by atoms with Crippen LogP contribution in [0.4, 0.5) is 0 Å². The molecule has 20 heavy (non-hydrogen) atoms. The van der Waals surface area contributed by atoms with Crippen molar-refractivity contribution in [1.82, 2.24) is 4.90 Å². The van der Waals surface area contributed by atoms with E-state index in [1.807, 2.05) is 0 Å². The van der Waals surface area contributed by atoms with Crippen molar-refractivity contribution < 1.29 is 9.47 Å². The Bertz CT molecular complexity index is 480. The number of benzene rings is 1. The van der Waals surface area contributed by atoms with Gasteiger partial charge in [-0.05, 0) is 25.5 Å². The monoisotopic (exact) mass is 339 g/mol. The summed E-state index contributed by atoms with van der Waals surface area (Å²) in [5.74, 6) is 1.07. The molecular weight excluding hydrogens is 318 g/mol. The number of alkyl halides is 1. The van der Waals surface area contributed by atoms with Gasteiger partial charge in [-0.1, -0.05) is 33.6 Å². The molecule has 0 N–H and O–H groups in total. The third-order valence-electron chi connectivity index (χ3n) is 3.99. The van der Waals surface area contributed by atoms with E-state index in [1.54, 1.807) is 0 Å². The SMILES string of the molecule is Cc1ccc2c(c1)CC(CN1CC(C)OC(CBr)C1)O2. The van der Waals surface area contributed by atoms with Gasteiger partial charge in [0, 0.05) is 31.4 Å². The molecule has 1 aromatic rings. The van der Waals surface area contributed by atoms with Gasteiger partial charge in [0.05, 0.1) is 12.2 Å². The summed E-state index contributed by atoms with van der Waals surface area (Å²) in [6.07, 6.45) is 1.91. The third kappa shape index (κ3) is 3.18. The second-order valence-electron chi connectivity index (χ2n) is 6.00. The van der Waals surface area contributed by atoms with Crippen molar-refractivity contribution >= 4 is 15.9 Å². The number of fused-ring (bicyclic) bond motifs is 1. The molecule has 0 bridgehead atoms. The largest absolute Gasteiger partial charge is 0.488 e. The van der Waals surface area contributed by atoms with Crippen LogP contribution in [-0.4, -0.2) is 48.2 Å². The first-order chi connectivity index (χ1) is 9.64. The van der Waals surface area contributed by atoms with Crippen LogP contribution in [0.15, 0.2) is 18.2 Å². The van der Waals surface area contributed by atoms with Gasteiger partial charge in [-0.15, -0.1) is 0 Å². The van der Waals surface area contributed by atoms with E-state index in [0.29, 0.717) is 12.2 Å². The van der Waals surface area contributed by atoms with Crippen molar-refractivity contribution in [1.29, 1.82) is 0 Å². The summed E-state index contributed by atoms with van der Waals surface area (Å²) < 4.78 is 12.0. The molecular formula is C16H22BrNO2. The van der Waals surface area contributed by atoms with E-state index in [-0.39, 0.29) is 6.10 Å². The summed E-state index contributed by atoms with van der Waals surface area (Å²) >= 11 is 3.53. The molecule has 1 aromatic carbocycles. The Labute approximate surface area is 129 Å². The molecule has 3 unspecified atom stereocenters. The Balaban J connectivity index is 1.60. The molecule has 1 saturated heterocycles. The molecule has 0 radical (unpaired) electrons. The second-order valence-corrected chi connectivity index (χ2v) is 6.64. The fraction of sp³-hybridized carbons (Fsp3) is 0.625. The van der Waals surface area contributed by atoms with Crippen LogP contribution in [0.3, 0.4) is 0 Å². The smallest absolute Gasteiger partial charge is 0.123 e. The number of ether oxygens (including phenoxy) is 2. The van der Waals surface area contributed by atoms with Gasteiger partial charge in [-0.2, -0.15) is 0 Å². The van der Waals surface area contributed by atoms with Gasteiger partial charge in [0.2, 0.25) is 0 Å². The Morgan fingerprint density at radius 2 is 2.15 bits per heavy atom.